The van der Waals surface area contributed by atoms with Gasteiger partial charge in [-0.15, -0.1) is 11.8 Å². The maximum absolute atomic E-state index is 5.94. The highest BCUT2D eigenvalue weighted by Gasteiger charge is 2.14. The normalized spacial score (nSPS) is 12.3. The molecule has 6 heteroatoms. The van der Waals surface area contributed by atoms with Crippen molar-refractivity contribution in [3.63, 3.8) is 0 Å². The molecule has 106 valence electrons. The van der Waals surface area contributed by atoms with Crippen molar-refractivity contribution in [2.24, 2.45) is 5.84 Å². The summed E-state index contributed by atoms with van der Waals surface area (Å²) in [7, 11) is 0. The van der Waals surface area contributed by atoms with Gasteiger partial charge in [0.05, 0.1) is 6.04 Å². The fourth-order valence-corrected chi connectivity index (χ4v) is 3.42. The van der Waals surface area contributed by atoms with E-state index in [1.54, 1.807) is 18.0 Å². The van der Waals surface area contributed by atoms with Gasteiger partial charge < -0.3 is 5.73 Å². The molecule has 0 aliphatic rings. The number of halogens is 1. The van der Waals surface area contributed by atoms with Crippen LogP contribution in [0.15, 0.2) is 45.9 Å². The molecule has 5 N–H and O–H groups in total. The second-order valence-corrected chi connectivity index (χ2v) is 6.48. The second kappa shape index (κ2) is 7.08. The predicted octanol–water partition coefficient (Wildman–Crippen LogP) is 3.03. The zero-order valence-electron chi connectivity index (χ0n) is 11.1. The summed E-state index contributed by atoms with van der Waals surface area (Å²) in [5, 5.41) is 0. The fraction of sp³-hybridized carbons (Fsp3) is 0.214. The van der Waals surface area contributed by atoms with Gasteiger partial charge in [-0.05, 0) is 36.8 Å². The van der Waals surface area contributed by atoms with Crippen LogP contribution in [0.3, 0.4) is 0 Å². The molecule has 0 fully saturated rings. The number of nitrogen functional groups attached to an aromatic ring is 1. The lowest BCUT2D eigenvalue weighted by molar-refractivity contribution is 0.610. The molecular formula is C14H17BrN4S. The lowest BCUT2D eigenvalue weighted by Crippen LogP contribution is -2.30. The first-order valence-electron chi connectivity index (χ1n) is 6.16. The lowest BCUT2D eigenvalue weighted by atomic mass is 10.1. The van der Waals surface area contributed by atoms with E-state index in [9.17, 15) is 0 Å². The Morgan fingerprint density at radius 1 is 1.40 bits per heavy atom. The van der Waals surface area contributed by atoms with Crippen molar-refractivity contribution >= 4 is 33.5 Å². The van der Waals surface area contributed by atoms with Crippen LogP contribution in [0.1, 0.15) is 17.2 Å². The highest BCUT2D eigenvalue weighted by atomic mass is 79.9. The quantitative estimate of drug-likeness (QED) is 0.438. The Bertz CT molecular complexity index is 591. The lowest BCUT2D eigenvalue weighted by Gasteiger charge is -2.18. The number of hydrogen-bond donors (Lipinski definition) is 3. The molecule has 1 heterocycles. The molecule has 0 spiro atoms. The number of hydrazine groups is 1. The number of benzene rings is 1. The molecule has 0 saturated carbocycles. The Labute approximate surface area is 131 Å². The molecule has 0 amide bonds. The number of aromatic nitrogens is 1. The molecule has 0 aliphatic heterocycles. The maximum Gasteiger partial charge on any atom is 0.128 e. The standard InChI is InChI=1S/C14H17BrN4S/c1-9-5-12(14(16)18-7-9)13(19-17)8-20-11-4-2-3-10(15)6-11/h2-7,13,19H,8,17H2,1H3,(H2,16,18). The van der Waals surface area contributed by atoms with E-state index in [-0.39, 0.29) is 6.04 Å². The number of nitrogens with zero attached hydrogens (tertiary/aromatic N) is 1. The molecule has 1 aromatic carbocycles. The Kier molecular flexibility index (Phi) is 5.42. The smallest absolute Gasteiger partial charge is 0.128 e. The SMILES string of the molecule is Cc1cnc(N)c(C(CSc2cccc(Br)c2)NN)c1. The van der Waals surface area contributed by atoms with Crippen LogP contribution >= 0.6 is 27.7 Å². The number of rotatable bonds is 5. The van der Waals surface area contributed by atoms with Crippen molar-refractivity contribution in [3.05, 3.63) is 52.1 Å². The van der Waals surface area contributed by atoms with E-state index >= 15 is 0 Å². The van der Waals surface area contributed by atoms with Crippen LogP contribution in [0.25, 0.3) is 0 Å². The van der Waals surface area contributed by atoms with Crippen molar-refractivity contribution in [3.8, 4) is 0 Å². The molecule has 1 aromatic heterocycles. The minimum absolute atomic E-state index is 0.0358. The van der Waals surface area contributed by atoms with Gasteiger partial charge in [0.2, 0.25) is 0 Å². The molecule has 1 unspecified atom stereocenters. The summed E-state index contributed by atoms with van der Waals surface area (Å²) in [6, 6.07) is 10.2. The molecule has 2 aromatic rings. The number of hydrogen-bond acceptors (Lipinski definition) is 5. The van der Waals surface area contributed by atoms with E-state index in [4.69, 9.17) is 11.6 Å². The summed E-state index contributed by atoms with van der Waals surface area (Å²) in [6.45, 7) is 1.99. The van der Waals surface area contributed by atoms with E-state index in [0.29, 0.717) is 5.82 Å². The summed E-state index contributed by atoms with van der Waals surface area (Å²) < 4.78 is 1.07. The average Bonchev–Trinajstić information content (AvgIpc) is 2.43. The van der Waals surface area contributed by atoms with Gasteiger partial charge in [-0.3, -0.25) is 11.3 Å². The molecule has 0 aliphatic carbocycles. The van der Waals surface area contributed by atoms with Gasteiger partial charge in [0.1, 0.15) is 5.82 Å². The Balaban J connectivity index is 2.11. The fourth-order valence-electron chi connectivity index (χ4n) is 1.85. The van der Waals surface area contributed by atoms with E-state index in [0.717, 1.165) is 21.4 Å². The Morgan fingerprint density at radius 3 is 2.90 bits per heavy atom. The van der Waals surface area contributed by atoms with Gasteiger partial charge >= 0.3 is 0 Å². The van der Waals surface area contributed by atoms with Crippen molar-refractivity contribution in [2.45, 2.75) is 17.9 Å². The van der Waals surface area contributed by atoms with E-state index in [2.05, 4.69) is 38.5 Å². The van der Waals surface area contributed by atoms with Crippen molar-refractivity contribution in [2.75, 3.05) is 11.5 Å². The topological polar surface area (TPSA) is 77.0 Å². The number of anilines is 1. The molecule has 0 radical (unpaired) electrons. The molecule has 2 rings (SSSR count). The van der Waals surface area contributed by atoms with Crippen molar-refractivity contribution in [1.29, 1.82) is 0 Å². The third kappa shape index (κ3) is 3.96. The minimum atomic E-state index is -0.0358. The van der Waals surface area contributed by atoms with Gasteiger partial charge in [-0.1, -0.05) is 22.0 Å². The molecule has 20 heavy (non-hydrogen) atoms. The summed E-state index contributed by atoms with van der Waals surface area (Å²) in [6.07, 6.45) is 1.76. The Hall–Kier alpha value is -1.08. The summed E-state index contributed by atoms with van der Waals surface area (Å²) >= 11 is 5.19. The van der Waals surface area contributed by atoms with Crippen LogP contribution < -0.4 is 17.0 Å². The number of nitrogens with two attached hydrogens (primary N) is 2. The van der Waals surface area contributed by atoms with Gasteiger partial charge in [-0.25, -0.2) is 4.98 Å². The largest absolute Gasteiger partial charge is 0.383 e. The predicted molar refractivity (Wildman–Crippen MR) is 88.3 cm³/mol. The van der Waals surface area contributed by atoms with Crippen molar-refractivity contribution in [1.82, 2.24) is 10.4 Å². The van der Waals surface area contributed by atoms with Gasteiger partial charge in [0.25, 0.3) is 0 Å². The van der Waals surface area contributed by atoms with Crippen LogP contribution in [0.4, 0.5) is 5.82 Å². The van der Waals surface area contributed by atoms with Gasteiger partial charge in [0.15, 0.2) is 0 Å². The first-order chi connectivity index (χ1) is 9.60. The van der Waals surface area contributed by atoms with Crippen LogP contribution in [-0.4, -0.2) is 10.7 Å². The first-order valence-corrected chi connectivity index (χ1v) is 7.94. The average molecular weight is 353 g/mol. The van der Waals surface area contributed by atoms with Crippen LogP contribution in [-0.2, 0) is 0 Å². The molecule has 4 nitrogen and oxygen atoms in total. The van der Waals surface area contributed by atoms with Crippen LogP contribution in [0.5, 0.6) is 0 Å². The zero-order valence-corrected chi connectivity index (χ0v) is 13.5. The number of nitrogens with one attached hydrogen (secondary N) is 1. The Morgan fingerprint density at radius 2 is 2.20 bits per heavy atom. The van der Waals surface area contributed by atoms with E-state index in [1.807, 2.05) is 25.1 Å². The van der Waals surface area contributed by atoms with E-state index < -0.39 is 0 Å². The number of pyridine rings is 1. The summed E-state index contributed by atoms with van der Waals surface area (Å²) in [5.74, 6) is 6.96. The highest BCUT2D eigenvalue weighted by molar-refractivity contribution is 9.10. The highest BCUT2D eigenvalue weighted by Crippen LogP contribution is 2.28. The molecule has 0 bridgehead atoms. The molecule has 0 saturated heterocycles. The third-order valence-corrected chi connectivity index (χ3v) is 4.46. The van der Waals surface area contributed by atoms with E-state index in [1.165, 1.54) is 4.90 Å². The minimum Gasteiger partial charge on any atom is -0.383 e. The van der Waals surface area contributed by atoms with Crippen molar-refractivity contribution < 1.29 is 0 Å². The maximum atomic E-state index is 5.94. The summed E-state index contributed by atoms with van der Waals surface area (Å²) in [5.41, 5.74) is 10.8. The first kappa shape index (κ1) is 15.3. The zero-order chi connectivity index (χ0) is 14.5. The molecular weight excluding hydrogens is 336 g/mol. The van der Waals surface area contributed by atoms with Gasteiger partial charge in [0, 0.05) is 26.9 Å². The molecule has 1 atom stereocenters. The monoisotopic (exact) mass is 352 g/mol. The van der Waals surface area contributed by atoms with Gasteiger partial charge in [-0.2, -0.15) is 0 Å². The van der Waals surface area contributed by atoms with Crippen LogP contribution in [0, 0.1) is 6.92 Å². The number of thioether (sulfide) groups is 1. The second-order valence-electron chi connectivity index (χ2n) is 4.47. The summed E-state index contributed by atoms with van der Waals surface area (Å²) in [4.78, 5) is 5.36. The number of aryl methyl sites for hydroxylation is 1. The third-order valence-electron chi connectivity index (χ3n) is 2.88. The van der Waals surface area contributed by atoms with Crippen LogP contribution in [0.2, 0.25) is 0 Å².